The summed E-state index contributed by atoms with van der Waals surface area (Å²) < 4.78 is 11.3. The van der Waals surface area contributed by atoms with Gasteiger partial charge in [-0.3, -0.25) is 4.79 Å². The van der Waals surface area contributed by atoms with Crippen molar-refractivity contribution in [1.29, 1.82) is 0 Å². The highest BCUT2D eigenvalue weighted by Gasteiger charge is 2.30. The third kappa shape index (κ3) is 3.42. The molecule has 0 bridgehead atoms. The van der Waals surface area contributed by atoms with Gasteiger partial charge >= 0.3 is 0 Å². The zero-order chi connectivity index (χ0) is 16.4. The van der Waals surface area contributed by atoms with Gasteiger partial charge in [0.15, 0.2) is 6.10 Å². The number of rotatable bonds is 4. The molecule has 1 atom stereocenters. The lowest BCUT2D eigenvalue weighted by Gasteiger charge is -2.30. The van der Waals surface area contributed by atoms with E-state index in [0.29, 0.717) is 36.4 Å². The summed E-state index contributed by atoms with van der Waals surface area (Å²) in [4.78, 5) is 19.3. The van der Waals surface area contributed by atoms with Crippen molar-refractivity contribution in [3.8, 4) is 0 Å². The van der Waals surface area contributed by atoms with Gasteiger partial charge in [-0.2, -0.15) is 0 Å². The minimum absolute atomic E-state index is 0.0147. The van der Waals surface area contributed by atoms with Gasteiger partial charge in [0.25, 0.3) is 5.91 Å². The first-order valence-corrected chi connectivity index (χ1v) is 8.59. The van der Waals surface area contributed by atoms with E-state index in [0.717, 1.165) is 11.4 Å². The first kappa shape index (κ1) is 16.1. The van der Waals surface area contributed by atoms with E-state index in [1.807, 2.05) is 20.8 Å². The number of hydrogen-bond acceptors (Lipinski definition) is 7. The van der Waals surface area contributed by atoms with Crippen molar-refractivity contribution in [1.82, 2.24) is 20.1 Å². The van der Waals surface area contributed by atoms with Gasteiger partial charge in [-0.1, -0.05) is 20.8 Å². The normalized spacial score (nSPS) is 18.6. The first-order valence-electron chi connectivity index (χ1n) is 7.77. The Kier molecular flexibility index (Phi) is 4.72. The molecule has 1 amide bonds. The van der Waals surface area contributed by atoms with E-state index in [9.17, 15) is 4.79 Å². The Hall–Kier alpha value is -1.80. The number of aryl methyl sites for hydroxylation is 1. The maximum absolute atomic E-state index is 12.6. The lowest BCUT2D eigenvalue weighted by Crippen LogP contribution is -2.42. The maximum atomic E-state index is 12.6. The SMILES string of the molecule is CCc1ncc(C(=O)N2CCO[C@H](c3nnc(C(C)C)o3)C2)s1. The molecule has 0 unspecified atom stereocenters. The fraction of sp³-hybridized carbons (Fsp3) is 0.600. The molecule has 1 aliphatic heterocycles. The van der Waals surface area contributed by atoms with Crippen molar-refractivity contribution in [2.45, 2.75) is 39.2 Å². The highest BCUT2D eigenvalue weighted by atomic mass is 32.1. The minimum Gasteiger partial charge on any atom is -0.422 e. The molecule has 8 heteroatoms. The van der Waals surface area contributed by atoms with E-state index < -0.39 is 0 Å². The van der Waals surface area contributed by atoms with Crippen LogP contribution in [0, 0.1) is 0 Å². The van der Waals surface area contributed by atoms with E-state index in [-0.39, 0.29) is 17.9 Å². The van der Waals surface area contributed by atoms with Gasteiger partial charge in [-0.25, -0.2) is 4.98 Å². The summed E-state index contributed by atoms with van der Waals surface area (Å²) in [6.45, 7) is 7.43. The molecule has 0 aliphatic carbocycles. The Morgan fingerprint density at radius 3 is 2.96 bits per heavy atom. The Labute approximate surface area is 138 Å². The largest absolute Gasteiger partial charge is 0.422 e. The molecular weight excluding hydrogens is 316 g/mol. The van der Waals surface area contributed by atoms with Crippen LogP contribution in [0.15, 0.2) is 10.6 Å². The minimum atomic E-state index is -0.369. The third-order valence-electron chi connectivity index (χ3n) is 3.65. The molecule has 1 saturated heterocycles. The van der Waals surface area contributed by atoms with Crippen molar-refractivity contribution in [3.05, 3.63) is 27.9 Å². The Balaban J connectivity index is 1.71. The molecular formula is C15H20N4O3S. The van der Waals surface area contributed by atoms with E-state index in [4.69, 9.17) is 9.15 Å². The Bertz CT molecular complexity index is 682. The predicted molar refractivity (Wildman–Crippen MR) is 84.5 cm³/mol. The van der Waals surface area contributed by atoms with Gasteiger partial charge in [0, 0.05) is 12.5 Å². The number of carbonyl (C=O) groups excluding carboxylic acids is 1. The lowest BCUT2D eigenvalue weighted by molar-refractivity contribution is -0.0349. The second-order valence-corrected chi connectivity index (χ2v) is 6.83. The van der Waals surface area contributed by atoms with Crippen molar-refractivity contribution >= 4 is 17.2 Å². The summed E-state index contributed by atoms with van der Waals surface area (Å²) in [6.07, 6.45) is 2.12. The average molecular weight is 336 g/mol. The molecule has 23 heavy (non-hydrogen) atoms. The molecule has 1 aliphatic rings. The Morgan fingerprint density at radius 2 is 2.30 bits per heavy atom. The molecule has 0 aromatic carbocycles. The summed E-state index contributed by atoms with van der Waals surface area (Å²) >= 11 is 1.45. The summed E-state index contributed by atoms with van der Waals surface area (Å²) in [6, 6.07) is 0. The third-order valence-corrected chi connectivity index (χ3v) is 4.78. The summed E-state index contributed by atoms with van der Waals surface area (Å²) in [5.41, 5.74) is 0. The summed E-state index contributed by atoms with van der Waals surface area (Å²) in [5.74, 6) is 1.17. The van der Waals surface area contributed by atoms with Crippen molar-refractivity contribution < 1.29 is 13.9 Å². The van der Waals surface area contributed by atoms with E-state index in [2.05, 4.69) is 15.2 Å². The Morgan fingerprint density at radius 1 is 1.48 bits per heavy atom. The lowest BCUT2D eigenvalue weighted by atomic mass is 10.2. The molecule has 0 radical (unpaired) electrons. The van der Waals surface area contributed by atoms with E-state index in [1.54, 1.807) is 11.1 Å². The molecule has 3 rings (SSSR count). The van der Waals surface area contributed by atoms with Crippen LogP contribution in [0.3, 0.4) is 0 Å². The van der Waals surface area contributed by atoms with Crippen LogP contribution in [0.2, 0.25) is 0 Å². The van der Waals surface area contributed by atoms with Gasteiger partial charge in [0.05, 0.1) is 24.4 Å². The van der Waals surface area contributed by atoms with Crippen LogP contribution in [-0.2, 0) is 11.2 Å². The number of amides is 1. The smallest absolute Gasteiger partial charge is 0.265 e. The standard InChI is InChI=1S/C15H20N4O3S/c1-4-12-16-7-11(23-12)15(20)19-5-6-21-10(8-19)14-18-17-13(22-14)9(2)3/h7,9-10H,4-6,8H2,1-3H3/t10-/m0/s1. The summed E-state index contributed by atoms with van der Waals surface area (Å²) in [5, 5.41) is 9.05. The second-order valence-electron chi connectivity index (χ2n) is 5.72. The van der Waals surface area contributed by atoms with Crippen LogP contribution in [0.4, 0.5) is 0 Å². The number of ether oxygens (including phenoxy) is 1. The molecule has 2 aromatic rings. The fourth-order valence-corrected chi connectivity index (χ4v) is 3.15. The average Bonchev–Trinajstić information content (AvgIpc) is 3.23. The molecule has 0 N–H and O–H groups in total. The number of morpholine rings is 1. The van der Waals surface area contributed by atoms with Crippen LogP contribution >= 0.6 is 11.3 Å². The zero-order valence-electron chi connectivity index (χ0n) is 13.5. The fourth-order valence-electron chi connectivity index (χ4n) is 2.32. The number of nitrogens with zero attached hydrogens (tertiary/aromatic N) is 4. The van der Waals surface area contributed by atoms with Crippen molar-refractivity contribution in [2.24, 2.45) is 0 Å². The van der Waals surface area contributed by atoms with Crippen LogP contribution in [0.25, 0.3) is 0 Å². The van der Waals surface area contributed by atoms with Crippen LogP contribution in [0.1, 0.15) is 59.3 Å². The molecule has 0 spiro atoms. The van der Waals surface area contributed by atoms with Gasteiger partial charge in [0.2, 0.25) is 11.8 Å². The zero-order valence-corrected chi connectivity index (χ0v) is 14.3. The number of hydrogen-bond donors (Lipinski definition) is 0. The second kappa shape index (κ2) is 6.76. The van der Waals surface area contributed by atoms with Gasteiger partial charge < -0.3 is 14.1 Å². The van der Waals surface area contributed by atoms with Crippen molar-refractivity contribution in [2.75, 3.05) is 19.7 Å². The molecule has 3 heterocycles. The molecule has 124 valence electrons. The van der Waals surface area contributed by atoms with Crippen molar-refractivity contribution in [3.63, 3.8) is 0 Å². The summed E-state index contributed by atoms with van der Waals surface area (Å²) in [7, 11) is 0. The highest BCUT2D eigenvalue weighted by molar-refractivity contribution is 7.13. The quantitative estimate of drug-likeness (QED) is 0.853. The maximum Gasteiger partial charge on any atom is 0.265 e. The van der Waals surface area contributed by atoms with Gasteiger partial charge in [0.1, 0.15) is 4.88 Å². The van der Waals surface area contributed by atoms with Crippen LogP contribution in [0.5, 0.6) is 0 Å². The van der Waals surface area contributed by atoms with Crippen LogP contribution < -0.4 is 0 Å². The first-order chi connectivity index (χ1) is 11.1. The van der Waals surface area contributed by atoms with E-state index >= 15 is 0 Å². The van der Waals surface area contributed by atoms with Gasteiger partial charge in [-0.15, -0.1) is 21.5 Å². The molecule has 7 nitrogen and oxygen atoms in total. The molecule has 1 fully saturated rings. The topological polar surface area (TPSA) is 81.4 Å². The molecule has 0 saturated carbocycles. The predicted octanol–water partition coefficient (Wildman–Crippen LogP) is 2.43. The molecule has 2 aromatic heterocycles. The number of carbonyl (C=O) groups is 1. The van der Waals surface area contributed by atoms with E-state index in [1.165, 1.54) is 11.3 Å². The number of thiazole rings is 1. The highest BCUT2D eigenvalue weighted by Crippen LogP contribution is 2.25. The van der Waals surface area contributed by atoms with Gasteiger partial charge in [-0.05, 0) is 6.42 Å². The van der Waals surface area contributed by atoms with Crippen LogP contribution in [-0.4, -0.2) is 45.7 Å². The monoisotopic (exact) mass is 336 g/mol. The number of aromatic nitrogens is 3.